The van der Waals surface area contributed by atoms with Gasteiger partial charge in [0.2, 0.25) is 5.43 Å². The third-order valence-corrected chi connectivity index (χ3v) is 6.18. The number of carboxylic acids is 1. The van der Waals surface area contributed by atoms with Crippen molar-refractivity contribution >= 4 is 28.1 Å². The lowest BCUT2D eigenvalue weighted by Gasteiger charge is -2.32. The highest BCUT2D eigenvalue weighted by molar-refractivity contribution is 6.00. The lowest BCUT2D eigenvalue weighted by molar-refractivity contribution is 0.0695. The van der Waals surface area contributed by atoms with Crippen molar-refractivity contribution in [2.75, 3.05) is 18.0 Å². The lowest BCUT2D eigenvalue weighted by atomic mass is 9.98. The van der Waals surface area contributed by atoms with Crippen molar-refractivity contribution in [1.82, 2.24) is 9.88 Å². The van der Waals surface area contributed by atoms with Crippen LogP contribution >= 0.6 is 0 Å². The van der Waals surface area contributed by atoms with E-state index < -0.39 is 17.2 Å². The van der Waals surface area contributed by atoms with Gasteiger partial charge in [-0.15, -0.1) is 0 Å². The average Bonchev–Trinajstić information content (AvgIpc) is 3.27. The molecule has 0 radical (unpaired) electrons. The van der Waals surface area contributed by atoms with Gasteiger partial charge in [0, 0.05) is 43.0 Å². The molecule has 3 aliphatic rings. The van der Waals surface area contributed by atoms with Gasteiger partial charge in [0.15, 0.2) is 0 Å². The van der Waals surface area contributed by atoms with Gasteiger partial charge in [-0.3, -0.25) is 4.79 Å². The second-order valence-electron chi connectivity index (χ2n) is 8.22. The van der Waals surface area contributed by atoms with E-state index in [2.05, 4.69) is 16.8 Å². The summed E-state index contributed by atoms with van der Waals surface area (Å²) >= 11 is 0. The number of benzene rings is 1. The Kier molecular flexibility index (Phi) is 3.68. The third-order valence-electron chi connectivity index (χ3n) is 6.18. The molecule has 2 bridgehead atoms. The second-order valence-corrected chi connectivity index (χ2v) is 8.22. The summed E-state index contributed by atoms with van der Waals surface area (Å²) in [7, 11) is 0. The van der Waals surface area contributed by atoms with Crippen molar-refractivity contribution in [2.24, 2.45) is 0 Å². The van der Waals surface area contributed by atoms with Gasteiger partial charge in [-0.2, -0.15) is 0 Å². The highest BCUT2D eigenvalue weighted by Gasteiger charge is 2.40. The lowest BCUT2D eigenvalue weighted by Crippen LogP contribution is -2.44. The molecule has 2 N–H and O–H groups in total. The molecule has 5 rings (SSSR count). The molecule has 2 aromatic rings. The zero-order valence-electron chi connectivity index (χ0n) is 15.7. The predicted octanol–water partition coefficient (Wildman–Crippen LogP) is 2.76. The Morgan fingerprint density at radius 1 is 1.36 bits per heavy atom. The molecule has 1 aliphatic carbocycles. The summed E-state index contributed by atoms with van der Waals surface area (Å²) in [4.78, 5) is 26.5. The van der Waals surface area contributed by atoms with E-state index in [-0.39, 0.29) is 23.0 Å². The number of pyridine rings is 1. The fourth-order valence-corrected chi connectivity index (χ4v) is 4.79. The minimum absolute atomic E-state index is 0.119. The van der Waals surface area contributed by atoms with E-state index in [9.17, 15) is 14.7 Å². The topological polar surface area (TPSA) is 74.6 Å². The van der Waals surface area contributed by atoms with Crippen molar-refractivity contribution < 1.29 is 14.3 Å². The standard InChI is InChI=1S/C21H22FN3O3/c1-10(2)17-18-14(20(26)15(21(27)28)9-25(18)12-3-4-12)6-16(22)19(17)24-8-11-5-13(24)7-23-11/h6,9,11-13,23H,1,3-5,7-8H2,2H3,(H,27,28). The van der Waals surface area contributed by atoms with Crippen molar-refractivity contribution in [3.63, 3.8) is 0 Å². The van der Waals surface area contributed by atoms with E-state index in [0.717, 1.165) is 25.8 Å². The number of fused-ring (bicyclic) bond motifs is 3. The van der Waals surface area contributed by atoms with E-state index in [4.69, 9.17) is 0 Å². The van der Waals surface area contributed by atoms with Gasteiger partial charge in [-0.05, 0) is 37.8 Å². The molecule has 3 fully saturated rings. The number of carbonyl (C=O) groups is 1. The van der Waals surface area contributed by atoms with Crippen molar-refractivity contribution in [3.05, 3.63) is 46.0 Å². The van der Waals surface area contributed by atoms with Gasteiger partial charge < -0.3 is 19.9 Å². The number of anilines is 1. The SMILES string of the molecule is C=C(C)c1c(N2CC3CC2CN3)c(F)cc2c(=O)c(C(=O)O)cn(C3CC3)c12. The molecular formula is C21H22FN3O3. The van der Waals surface area contributed by atoms with E-state index >= 15 is 4.39 Å². The molecule has 28 heavy (non-hydrogen) atoms. The Hall–Kier alpha value is -2.67. The molecule has 7 heteroatoms. The van der Waals surface area contributed by atoms with Gasteiger partial charge in [0.05, 0.1) is 16.6 Å². The third kappa shape index (κ3) is 2.42. The van der Waals surface area contributed by atoms with Gasteiger partial charge in [0.1, 0.15) is 11.4 Å². The van der Waals surface area contributed by atoms with Crippen LogP contribution in [0.5, 0.6) is 0 Å². The van der Waals surface area contributed by atoms with Gasteiger partial charge >= 0.3 is 5.97 Å². The maximum Gasteiger partial charge on any atom is 0.341 e. The number of nitrogens with zero attached hydrogens (tertiary/aromatic N) is 2. The monoisotopic (exact) mass is 383 g/mol. The summed E-state index contributed by atoms with van der Waals surface area (Å²) in [5.41, 5.74) is 1.44. The van der Waals surface area contributed by atoms with Crippen LogP contribution in [0.3, 0.4) is 0 Å². The number of allylic oxidation sites excluding steroid dienone is 1. The van der Waals surface area contributed by atoms with Crippen LogP contribution in [-0.4, -0.2) is 40.8 Å². The van der Waals surface area contributed by atoms with Crippen LogP contribution in [0.25, 0.3) is 16.5 Å². The first-order valence-electron chi connectivity index (χ1n) is 9.67. The molecule has 2 aliphatic heterocycles. The van der Waals surface area contributed by atoms with Crippen molar-refractivity contribution in [3.8, 4) is 0 Å². The fraction of sp³-hybridized carbons (Fsp3) is 0.429. The van der Waals surface area contributed by atoms with Crippen LogP contribution in [0.2, 0.25) is 0 Å². The molecule has 2 saturated heterocycles. The number of hydrogen-bond acceptors (Lipinski definition) is 4. The number of aromatic nitrogens is 1. The van der Waals surface area contributed by atoms with Crippen LogP contribution in [0.1, 0.15) is 48.1 Å². The molecule has 1 aromatic heterocycles. The van der Waals surface area contributed by atoms with Crippen LogP contribution in [0, 0.1) is 5.82 Å². The highest BCUT2D eigenvalue weighted by Crippen LogP contribution is 2.43. The average molecular weight is 383 g/mol. The maximum absolute atomic E-state index is 15.4. The number of rotatable bonds is 4. The number of piperazine rings is 1. The van der Waals surface area contributed by atoms with E-state index in [1.54, 1.807) is 0 Å². The minimum Gasteiger partial charge on any atom is -0.477 e. The predicted molar refractivity (Wildman–Crippen MR) is 106 cm³/mol. The number of nitrogens with one attached hydrogen (secondary N) is 1. The number of carboxylic acid groups (broad SMARTS) is 1. The Bertz CT molecular complexity index is 1100. The first kappa shape index (κ1) is 17.4. The maximum atomic E-state index is 15.4. The van der Waals surface area contributed by atoms with E-state index in [0.29, 0.717) is 34.9 Å². The van der Waals surface area contributed by atoms with Crippen LogP contribution in [0.4, 0.5) is 10.1 Å². The summed E-state index contributed by atoms with van der Waals surface area (Å²) in [6, 6.07) is 1.92. The van der Waals surface area contributed by atoms with Crippen LogP contribution in [-0.2, 0) is 0 Å². The molecule has 1 saturated carbocycles. The Morgan fingerprint density at radius 2 is 2.11 bits per heavy atom. The Balaban J connectivity index is 1.87. The normalized spacial score (nSPS) is 23.6. The smallest absolute Gasteiger partial charge is 0.341 e. The second kappa shape index (κ2) is 5.91. The number of hydrogen-bond donors (Lipinski definition) is 2. The molecule has 1 aromatic carbocycles. The van der Waals surface area contributed by atoms with Crippen LogP contribution < -0.4 is 15.6 Å². The summed E-state index contributed by atoms with van der Waals surface area (Å²) in [5, 5.41) is 13.0. The first-order chi connectivity index (χ1) is 13.4. The Labute approximate surface area is 161 Å². The van der Waals surface area contributed by atoms with Gasteiger partial charge in [-0.25, -0.2) is 9.18 Å². The highest BCUT2D eigenvalue weighted by atomic mass is 19.1. The van der Waals surface area contributed by atoms with Crippen molar-refractivity contribution in [1.29, 1.82) is 0 Å². The quantitative estimate of drug-likeness (QED) is 0.849. The zero-order chi connectivity index (χ0) is 19.7. The fourth-order valence-electron chi connectivity index (χ4n) is 4.79. The molecular weight excluding hydrogens is 361 g/mol. The number of aromatic carboxylic acids is 1. The molecule has 2 unspecified atom stereocenters. The molecule has 3 heterocycles. The first-order valence-corrected chi connectivity index (χ1v) is 9.67. The van der Waals surface area contributed by atoms with Crippen molar-refractivity contribution in [2.45, 2.75) is 44.3 Å². The zero-order valence-corrected chi connectivity index (χ0v) is 15.7. The summed E-state index contributed by atoms with van der Waals surface area (Å²) < 4.78 is 17.2. The van der Waals surface area contributed by atoms with Gasteiger partial charge in [0.25, 0.3) is 0 Å². The number of halogens is 1. The molecule has 146 valence electrons. The minimum atomic E-state index is -1.29. The molecule has 0 amide bonds. The Morgan fingerprint density at radius 3 is 2.64 bits per heavy atom. The van der Waals surface area contributed by atoms with Crippen LogP contribution in [0.15, 0.2) is 23.6 Å². The van der Waals surface area contributed by atoms with Gasteiger partial charge in [-0.1, -0.05) is 6.58 Å². The summed E-state index contributed by atoms with van der Waals surface area (Å²) in [6.07, 6.45) is 4.23. The van der Waals surface area contributed by atoms with E-state index in [1.165, 1.54) is 12.3 Å². The van der Waals surface area contributed by atoms with E-state index in [1.807, 2.05) is 11.5 Å². The summed E-state index contributed by atoms with van der Waals surface area (Å²) in [6.45, 7) is 7.42. The molecule has 0 spiro atoms. The molecule has 6 nitrogen and oxygen atoms in total. The summed E-state index contributed by atoms with van der Waals surface area (Å²) in [5.74, 6) is -1.77. The molecule has 2 atom stereocenters. The largest absolute Gasteiger partial charge is 0.477 e.